The Balaban J connectivity index is 2.55. The minimum atomic E-state index is -1.02. The molecule has 0 aliphatic heterocycles. The predicted molar refractivity (Wildman–Crippen MR) is 35.0 cm³/mol. The van der Waals surface area contributed by atoms with Gasteiger partial charge in [-0.3, -0.25) is 14.4 Å². The molecule has 0 radical (unpaired) electrons. The van der Waals surface area contributed by atoms with Gasteiger partial charge in [-0.05, 0) is 6.42 Å². The summed E-state index contributed by atoms with van der Waals surface area (Å²) < 4.78 is 0. The lowest BCUT2D eigenvalue weighted by atomic mass is 10.0. The second-order valence-electron chi connectivity index (χ2n) is 2.62. The number of aliphatic carboxylic acids is 1. The third-order valence-electron chi connectivity index (χ3n) is 1.79. The number of rotatable bonds is 2. The molecule has 0 bridgehead atoms. The number of ketones is 2. The van der Waals surface area contributed by atoms with Crippen LogP contribution in [-0.4, -0.2) is 22.6 Å². The van der Waals surface area contributed by atoms with Crippen LogP contribution in [0.3, 0.4) is 0 Å². The average molecular weight is 156 g/mol. The highest BCUT2D eigenvalue weighted by atomic mass is 16.4. The summed E-state index contributed by atoms with van der Waals surface area (Å²) in [5, 5.41) is 8.31. The van der Waals surface area contributed by atoms with Gasteiger partial charge in [-0.25, -0.2) is 0 Å². The minimum absolute atomic E-state index is 0.204. The number of carboxylic acids is 1. The molecule has 0 heterocycles. The molecule has 11 heavy (non-hydrogen) atoms. The monoisotopic (exact) mass is 156 g/mol. The second-order valence-corrected chi connectivity index (χ2v) is 2.62. The molecule has 1 atom stereocenters. The first-order valence-corrected chi connectivity index (χ1v) is 3.40. The van der Waals surface area contributed by atoms with Crippen LogP contribution in [0, 0.1) is 5.92 Å². The summed E-state index contributed by atoms with van der Waals surface area (Å²) in [5.41, 5.74) is 0. The van der Waals surface area contributed by atoms with Crippen LogP contribution in [0.25, 0.3) is 0 Å². The summed E-state index contributed by atoms with van der Waals surface area (Å²) in [6, 6.07) is 0. The van der Waals surface area contributed by atoms with Crippen molar-refractivity contribution < 1.29 is 19.5 Å². The molecule has 0 aromatic heterocycles. The van der Waals surface area contributed by atoms with Gasteiger partial charge in [-0.2, -0.15) is 0 Å². The Morgan fingerprint density at radius 2 is 2.18 bits per heavy atom. The summed E-state index contributed by atoms with van der Waals surface area (Å²) in [6.45, 7) is 0. The quantitative estimate of drug-likeness (QED) is 0.571. The molecule has 0 aromatic carbocycles. The van der Waals surface area contributed by atoms with E-state index in [0.717, 1.165) is 0 Å². The topological polar surface area (TPSA) is 71.4 Å². The molecule has 1 N–H and O–H groups in total. The first kappa shape index (κ1) is 7.91. The van der Waals surface area contributed by atoms with Crippen LogP contribution in [0.2, 0.25) is 0 Å². The molecule has 1 rings (SSSR count). The molecule has 4 nitrogen and oxygen atoms in total. The predicted octanol–water partition coefficient (Wildman–Crippen LogP) is 0.00930. The Morgan fingerprint density at radius 3 is 2.55 bits per heavy atom. The lowest BCUT2D eigenvalue weighted by Gasteiger charge is -1.99. The van der Waals surface area contributed by atoms with Crippen molar-refractivity contribution in [2.75, 3.05) is 0 Å². The number of carbonyl (C=O) groups excluding carboxylic acids is 2. The molecule has 1 aliphatic carbocycles. The first-order valence-electron chi connectivity index (χ1n) is 3.40. The zero-order valence-corrected chi connectivity index (χ0v) is 5.87. The van der Waals surface area contributed by atoms with Crippen LogP contribution >= 0.6 is 0 Å². The van der Waals surface area contributed by atoms with Gasteiger partial charge >= 0.3 is 5.97 Å². The van der Waals surface area contributed by atoms with E-state index < -0.39 is 23.5 Å². The van der Waals surface area contributed by atoms with Gasteiger partial charge in [0, 0.05) is 12.3 Å². The maximum absolute atomic E-state index is 10.8. The minimum Gasteiger partial charge on any atom is -0.481 e. The number of carbonyl (C=O) groups is 3. The highest BCUT2D eigenvalue weighted by molar-refractivity contribution is 6.40. The summed E-state index contributed by atoms with van der Waals surface area (Å²) in [6.07, 6.45) is 0.422. The highest BCUT2D eigenvalue weighted by Crippen LogP contribution is 2.21. The highest BCUT2D eigenvalue weighted by Gasteiger charge is 2.33. The van der Waals surface area contributed by atoms with Crippen LogP contribution in [0.5, 0.6) is 0 Å². The van der Waals surface area contributed by atoms with Crippen molar-refractivity contribution in [2.45, 2.75) is 19.3 Å². The van der Waals surface area contributed by atoms with Crippen LogP contribution in [0.1, 0.15) is 19.3 Å². The van der Waals surface area contributed by atoms with E-state index in [4.69, 9.17) is 5.11 Å². The summed E-state index contributed by atoms with van der Waals surface area (Å²) >= 11 is 0. The Kier molecular flexibility index (Phi) is 2.03. The maximum atomic E-state index is 10.8. The maximum Gasteiger partial charge on any atom is 0.304 e. The SMILES string of the molecule is O=C(O)CC1CCC(=O)C1=O. The molecule has 1 saturated carbocycles. The van der Waals surface area contributed by atoms with Crippen molar-refractivity contribution in [1.29, 1.82) is 0 Å². The average Bonchev–Trinajstić information content (AvgIpc) is 2.18. The van der Waals surface area contributed by atoms with Gasteiger partial charge in [-0.15, -0.1) is 0 Å². The van der Waals surface area contributed by atoms with Crippen LogP contribution in [-0.2, 0) is 14.4 Å². The normalized spacial score (nSPS) is 24.2. The van der Waals surface area contributed by atoms with E-state index >= 15 is 0 Å². The van der Waals surface area contributed by atoms with Gasteiger partial charge in [0.2, 0.25) is 5.78 Å². The second kappa shape index (κ2) is 2.82. The number of hydrogen-bond acceptors (Lipinski definition) is 3. The molecule has 1 fully saturated rings. The molecule has 60 valence electrons. The van der Waals surface area contributed by atoms with Crippen molar-refractivity contribution in [3.05, 3.63) is 0 Å². The number of hydrogen-bond donors (Lipinski definition) is 1. The Morgan fingerprint density at radius 1 is 1.55 bits per heavy atom. The zero-order chi connectivity index (χ0) is 8.43. The van der Waals surface area contributed by atoms with Gasteiger partial charge in [0.15, 0.2) is 5.78 Å². The van der Waals surface area contributed by atoms with Crippen LogP contribution < -0.4 is 0 Å². The van der Waals surface area contributed by atoms with Crippen molar-refractivity contribution in [2.24, 2.45) is 5.92 Å². The molecule has 1 aliphatic rings. The number of carboxylic acid groups (broad SMARTS) is 1. The Labute approximate surface area is 63.2 Å². The summed E-state index contributed by atoms with van der Waals surface area (Å²) in [5.74, 6) is -2.50. The smallest absolute Gasteiger partial charge is 0.304 e. The molecule has 0 aromatic rings. The molecule has 0 spiro atoms. The van der Waals surface area contributed by atoms with E-state index in [1.807, 2.05) is 0 Å². The van der Waals surface area contributed by atoms with Gasteiger partial charge in [-0.1, -0.05) is 0 Å². The summed E-state index contributed by atoms with van der Waals surface area (Å²) in [7, 11) is 0. The van der Waals surface area contributed by atoms with E-state index in [-0.39, 0.29) is 12.8 Å². The van der Waals surface area contributed by atoms with Gasteiger partial charge < -0.3 is 5.11 Å². The fraction of sp³-hybridized carbons (Fsp3) is 0.571. The van der Waals surface area contributed by atoms with E-state index in [2.05, 4.69) is 0 Å². The molecule has 1 unspecified atom stereocenters. The van der Waals surface area contributed by atoms with Crippen LogP contribution in [0.15, 0.2) is 0 Å². The lowest BCUT2D eigenvalue weighted by Crippen LogP contribution is -2.16. The molecule has 0 amide bonds. The van der Waals surface area contributed by atoms with Gasteiger partial charge in [0.1, 0.15) is 0 Å². The standard InChI is InChI=1S/C7H8O4/c8-5-2-1-4(7(5)11)3-6(9)10/h4H,1-3H2,(H,9,10). The van der Waals surface area contributed by atoms with Crippen molar-refractivity contribution in [3.63, 3.8) is 0 Å². The molecule has 4 heteroatoms. The summed E-state index contributed by atoms with van der Waals surface area (Å²) in [4.78, 5) is 31.6. The van der Waals surface area contributed by atoms with E-state index in [1.165, 1.54) is 0 Å². The molecular weight excluding hydrogens is 148 g/mol. The Bertz CT molecular complexity index is 218. The van der Waals surface area contributed by atoms with E-state index in [1.54, 1.807) is 0 Å². The molecular formula is C7H8O4. The fourth-order valence-electron chi connectivity index (χ4n) is 1.19. The van der Waals surface area contributed by atoms with Crippen molar-refractivity contribution in [3.8, 4) is 0 Å². The van der Waals surface area contributed by atoms with Crippen molar-refractivity contribution >= 4 is 17.5 Å². The van der Waals surface area contributed by atoms with E-state index in [9.17, 15) is 14.4 Å². The Hall–Kier alpha value is -1.19. The zero-order valence-electron chi connectivity index (χ0n) is 5.87. The lowest BCUT2D eigenvalue weighted by molar-refractivity contribution is -0.141. The van der Waals surface area contributed by atoms with Crippen molar-refractivity contribution in [1.82, 2.24) is 0 Å². The first-order chi connectivity index (χ1) is 5.11. The van der Waals surface area contributed by atoms with Gasteiger partial charge in [0.05, 0.1) is 6.42 Å². The largest absolute Gasteiger partial charge is 0.481 e. The third-order valence-corrected chi connectivity index (χ3v) is 1.79. The van der Waals surface area contributed by atoms with Gasteiger partial charge in [0.25, 0.3) is 0 Å². The molecule has 0 saturated heterocycles. The third kappa shape index (κ3) is 1.63. The number of Topliss-reactive ketones (excluding diaryl/α,β-unsaturated/α-hetero) is 2. The van der Waals surface area contributed by atoms with E-state index in [0.29, 0.717) is 6.42 Å². The van der Waals surface area contributed by atoms with Crippen LogP contribution in [0.4, 0.5) is 0 Å². The fourth-order valence-corrected chi connectivity index (χ4v) is 1.19.